The quantitative estimate of drug-likeness (QED) is 0.386. The second kappa shape index (κ2) is 8.48. The second-order valence-electron chi connectivity index (χ2n) is 5.34. The number of ketones is 1. The molecule has 28 heavy (non-hydrogen) atoms. The zero-order valence-electron chi connectivity index (χ0n) is 14.5. The van der Waals surface area contributed by atoms with Crippen molar-refractivity contribution in [2.75, 3.05) is 7.11 Å². The van der Waals surface area contributed by atoms with Gasteiger partial charge in [-0.25, -0.2) is 0 Å². The van der Waals surface area contributed by atoms with Crippen molar-refractivity contribution in [1.82, 2.24) is 10.9 Å². The molecule has 0 aliphatic rings. The first-order chi connectivity index (χ1) is 12.8. The monoisotopic (exact) mass is 416 g/mol. The lowest BCUT2D eigenvalue weighted by Gasteiger charge is -2.26. The maximum atomic E-state index is 13.3. The Morgan fingerprint density at radius 1 is 1.00 bits per heavy atom. The average molecular weight is 416 g/mol. The summed E-state index contributed by atoms with van der Waals surface area (Å²) in [4.78, 5) is 23.2. The number of hydrogen-bond donors (Lipinski definition) is 2. The van der Waals surface area contributed by atoms with E-state index in [0.717, 1.165) is 0 Å². The molecule has 12 heteroatoms. The minimum Gasteiger partial charge on any atom is -0.497 e. The molecule has 2 N–H and O–H groups in total. The summed E-state index contributed by atoms with van der Waals surface area (Å²) < 4.78 is 93.7. The van der Waals surface area contributed by atoms with Gasteiger partial charge in [0.15, 0.2) is 0 Å². The van der Waals surface area contributed by atoms with E-state index in [-0.39, 0.29) is 18.1 Å². The first-order valence-electron chi connectivity index (χ1n) is 7.55. The molecule has 1 aromatic rings. The average Bonchev–Trinajstić information content (AvgIpc) is 2.63. The third-order valence-electron chi connectivity index (χ3n) is 3.43. The molecule has 5 nitrogen and oxygen atoms in total. The zero-order chi connectivity index (χ0) is 21.8. The molecule has 1 amide bonds. The summed E-state index contributed by atoms with van der Waals surface area (Å²) in [7, 11) is 1.39. The number of hydrazine groups is 1. The van der Waals surface area contributed by atoms with Gasteiger partial charge in [-0.3, -0.25) is 15.0 Å². The second-order valence-corrected chi connectivity index (χ2v) is 5.34. The van der Waals surface area contributed by atoms with Gasteiger partial charge in [-0.05, 0) is 30.7 Å². The van der Waals surface area contributed by atoms with Gasteiger partial charge in [0.2, 0.25) is 5.78 Å². The molecule has 0 unspecified atom stereocenters. The maximum Gasteiger partial charge on any atom is 0.460 e. The summed E-state index contributed by atoms with van der Waals surface area (Å²) >= 11 is 0. The Morgan fingerprint density at radius 3 is 1.96 bits per heavy atom. The van der Waals surface area contributed by atoms with Gasteiger partial charge in [0.25, 0.3) is 5.91 Å². The summed E-state index contributed by atoms with van der Waals surface area (Å²) in [6, 6.07) is 5.56. The predicted octanol–water partition coefficient (Wildman–Crippen LogP) is 3.63. The number of carbonyl (C=O) groups excluding carboxylic acids is 2. The van der Waals surface area contributed by atoms with E-state index in [1.54, 1.807) is 0 Å². The Labute approximate surface area is 154 Å². The number of rotatable bonds is 8. The van der Waals surface area contributed by atoms with Crippen LogP contribution in [0.2, 0.25) is 0 Å². The lowest BCUT2D eigenvalue weighted by molar-refractivity contribution is -0.342. The smallest absolute Gasteiger partial charge is 0.460 e. The van der Waals surface area contributed by atoms with E-state index >= 15 is 0 Å². The lowest BCUT2D eigenvalue weighted by Crippen LogP contribution is -2.55. The van der Waals surface area contributed by atoms with Crippen LogP contribution in [-0.2, 0) is 4.79 Å². The third-order valence-corrected chi connectivity index (χ3v) is 3.43. The normalized spacial score (nSPS) is 13.1. The summed E-state index contributed by atoms with van der Waals surface area (Å²) in [6.07, 6.45) is -7.00. The molecule has 0 aliphatic heterocycles. The first kappa shape index (κ1) is 23.2. The highest BCUT2D eigenvalue weighted by Gasteiger charge is 2.75. The molecule has 0 fully saturated rings. The van der Waals surface area contributed by atoms with E-state index in [1.807, 2.05) is 10.9 Å². The van der Waals surface area contributed by atoms with Crippen LogP contribution in [0.25, 0.3) is 0 Å². The number of benzene rings is 1. The van der Waals surface area contributed by atoms with Gasteiger partial charge in [0.1, 0.15) is 5.75 Å². The van der Waals surface area contributed by atoms with Gasteiger partial charge < -0.3 is 10.2 Å². The summed E-state index contributed by atoms with van der Waals surface area (Å²) in [5.74, 6) is -15.7. The molecule has 1 rings (SSSR count). The lowest BCUT2D eigenvalue weighted by atomic mass is 10.1. The molecule has 156 valence electrons. The van der Waals surface area contributed by atoms with Crippen LogP contribution in [0.3, 0.4) is 0 Å². The number of halogens is 7. The van der Waals surface area contributed by atoms with Crippen molar-refractivity contribution in [3.05, 3.63) is 41.6 Å². The Hall–Kier alpha value is -2.79. The van der Waals surface area contributed by atoms with Crippen LogP contribution in [-0.4, -0.2) is 36.8 Å². The van der Waals surface area contributed by atoms with E-state index < -0.39 is 35.4 Å². The van der Waals surface area contributed by atoms with Gasteiger partial charge in [0, 0.05) is 17.3 Å². The summed E-state index contributed by atoms with van der Waals surface area (Å²) in [5, 5.41) is 0. The van der Waals surface area contributed by atoms with Gasteiger partial charge in [-0.15, -0.1) is 0 Å². The number of amides is 1. The van der Waals surface area contributed by atoms with Crippen LogP contribution in [0, 0.1) is 0 Å². The van der Waals surface area contributed by atoms with Crippen LogP contribution in [0.15, 0.2) is 36.0 Å². The number of carbonyl (C=O) groups is 2. The van der Waals surface area contributed by atoms with E-state index in [1.165, 1.54) is 38.3 Å². The van der Waals surface area contributed by atoms with Crippen molar-refractivity contribution >= 4 is 11.7 Å². The van der Waals surface area contributed by atoms with Gasteiger partial charge in [0.05, 0.1) is 7.11 Å². The Balaban J connectivity index is 2.90. The van der Waals surface area contributed by atoms with E-state index in [9.17, 15) is 40.3 Å². The number of allylic oxidation sites excluding steroid dienone is 2. The van der Waals surface area contributed by atoms with Crippen LogP contribution in [0.5, 0.6) is 5.75 Å². The number of methoxy groups -OCH3 is 1. The molecule has 0 saturated heterocycles. The van der Waals surface area contributed by atoms with Gasteiger partial charge in [-0.2, -0.15) is 30.7 Å². The minimum absolute atomic E-state index is 0.0871. The fourth-order valence-corrected chi connectivity index (χ4v) is 1.76. The standard InChI is InChI=1S/C16H15F7N2O3/c1-3-10(8-12(26)14(17,18)15(19,20)16(21,22)23)24-25-13(27)9-4-6-11(28-2)7-5-9/h4-8,24H,3H2,1-2H3,(H,25,27). The molecule has 0 spiro atoms. The molecule has 0 atom stereocenters. The van der Waals surface area contributed by atoms with Crippen molar-refractivity contribution in [3.8, 4) is 5.75 Å². The molecule has 0 aromatic heterocycles. The topological polar surface area (TPSA) is 67.4 Å². The van der Waals surface area contributed by atoms with Crippen LogP contribution < -0.4 is 15.6 Å². The Kier molecular flexibility index (Phi) is 7.04. The van der Waals surface area contributed by atoms with Crippen LogP contribution in [0.4, 0.5) is 30.7 Å². The third kappa shape index (κ3) is 4.93. The predicted molar refractivity (Wildman–Crippen MR) is 82.9 cm³/mol. The molecule has 0 bridgehead atoms. The number of nitrogens with one attached hydrogen (secondary N) is 2. The van der Waals surface area contributed by atoms with Crippen LogP contribution >= 0.6 is 0 Å². The largest absolute Gasteiger partial charge is 0.497 e. The van der Waals surface area contributed by atoms with E-state index in [4.69, 9.17) is 4.74 Å². The minimum atomic E-state index is -6.62. The Bertz CT molecular complexity index is 744. The SMILES string of the molecule is CCC(=CC(=O)C(F)(F)C(F)(F)C(F)(F)F)NNC(=O)c1ccc(OC)cc1. The summed E-state index contributed by atoms with van der Waals surface area (Å²) in [6.45, 7) is 1.28. The molecule has 1 aromatic carbocycles. The maximum absolute atomic E-state index is 13.3. The van der Waals surface area contributed by atoms with Gasteiger partial charge >= 0.3 is 18.0 Å². The fourth-order valence-electron chi connectivity index (χ4n) is 1.76. The Morgan fingerprint density at radius 2 is 1.54 bits per heavy atom. The highest BCUT2D eigenvalue weighted by molar-refractivity contribution is 5.97. The van der Waals surface area contributed by atoms with Crippen molar-refractivity contribution in [2.45, 2.75) is 31.4 Å². The molecule has 0 radical (unpaired) electrons. The van der Waals surface area contributed by atoms with Crippen molar-refractivity contribution in [3.63, 3.8) is 0 Å². The molecule has 0 heterocycles. The molecule has 0 saturated carbocycles. The zero-order valence-corrected chi connectivity index (χ0v) is 14.5. The van der Waals surface area contributed by atoms with Gasteiger partial charge in [-0.1, -0.05) is 6.92 Å². The van der Waals surface area contributed by atoms with E-state index in [2.05, 4.69) is 0 Å². The number of ether oxygens (including phenoxy) is 1. The first-order valence-corrected chi connectivity index (χ1v) is 7.55. The van der Waals surface area contributed by atoms with Crippen molar-refractivity contribution in [1.29, 1.82) is 0 Å². The summed E-state index contributed by atoms with van der Waals surface area (Å²) in [5.41, 5.74) is 3.63. The van der Waals surface area contributed by atoms with Crippen molar-refractivity contribution < 1.29 is 45.1 Å². The molecular formula is C16H15F7N2O3. The molecule has 0 aliphatic carbocycles. The highest BCUT2D eigenvalue weighted by atomic mass is 19.4. The number of alkyl halides is 7. The number of hydrogen-bond acceptors (Lipinski definition) is 4. The highest BCUT2D eigenvalue weighted by Crippen LogP contribution is 2.47. The van der Waals surface area contributed by atoms with E-state index in [0.29, 0.717) is 5.75 Å². The fraction of sp³-hybridized carbons (Fsp3) is 0.375. The van der Waals surface area contributed by atoms with Crippen LogP contribution in [0.1, 0.15) is 23.7 Å². The van der Waals surface area contributed by atoms with Crippen molar-refractivity contribution in [2.24, 2.45) is 0 Å². The molecular weight excluding hydrogens is 401 g/mol.